The molecule has 1 heterocycles. The zero-order valence-corrected chi connectivity index (χ0v) is 9.00. The highest BCUT2D eigenvalue weighted by Gasteiger charge is 2.16. The molecule has 0 aliphatic carbocycles. The lowest BCUT2D eigenvalue weighted by Crippen LogP contribution is -2.20. The SMILES string of the molecule is CC(C)(C)C[C@H](N)c1cc[nH]c(=O)c1. The number of nitrogens with two attached hydrogens (primary N) is 1. The zero-order chi connectivity index (χ0) is 10.8. The van der Waals surface area contributed by atoms with Gasteiger partial charge in [-0.2, -0.15) is 0 Å². The van der Waals surface area contributed by atoms with Crippen molar-refractivity contribution in [1.82, 2.24) is 4.98 Å². The molecule has 1 aromatic heterocycles. The van der Waals surface area contributed by atoms with Crippen LogP contribution in [-0.4, -0.2) is 4.98 Å². The summed E-state index contributed by atoms with van der Waals surface area (Å²) in [4.78, 5) is 13.6. The fourth-order valence-electron chi connectivity index (χ4n) is 1.47. The van der Waals surface area contributed by atoms with Crippen molar-refractivity contribution >= 4 is 0 Å². The van der Waals surface area contributed by atoms with E-state index in [4.69, 9.17) is 5.73 Å². The van der Waals surface area contributed by atoms with E-state index >= 15 is 0 Å². The van der Waals surface area contributed by atoms with Crippen molar-refractivity contribution in [3.05, 3.63) is 34.2 Å². The van der Waals surface area contributed by atoms with Gasteiger partial charge in [-0.1, -0.05) is 20.8 Å². The molecule has 0 spiro atoms. The molecular weight excluding hydrogens is 176 g/mol. The lowest BCUT2D eigenvalue weighted by molar-refractivity contribution is 0.342. The number of pyridine rings is 1. The molecule has 0 aliphatic rings. The smallest absolute Gasteiger partial charge is 0.248 e. The predicted octanol–water partition coefficient (Wildman–Crippen LogP) is 1.81. The Balaban J connectivity index is 2.80. The summed E-state index contributed by atoms with van der Waals surface area (Å²) in [5.41, 5.74) is 7.00. The molecule has 14 heavy (non-hydrogen) atoms. The fourth-order valence-corrected chi connectivity index (χ4v) is 1.47. The quantitative estimate of drug-likeness (QED) is 0.754. The van der Waals surface area contributed by atoms with Gasteiger partial charge in [0, 0.05) is 18.3 Å². The van der Waals surface area contributed by atoms with E-state index < -0.39 is 0 Å². The highest BCUT2D eigenvalue weighted by molar-refractivity contribution is 5.14. The lowest BCUT2D eigenvalue weighted by atomic mass is 9.86. The molecule has 78 valence electrons. The maximum absolute atomic E-state index is 11.0. The standard InChI is InChI=1S/C11H18N2O/c1-11(2,3)7-9(12)8-4-5-13-10(14)6-8/h4-6,9H,7,12H2,1-3H3,(H,13,14)/t9-/m0/s1. The molecule has 3 heteroatoms. The van der Waals surface area contributed by atoms with Gasteiger partial charge in [-0.15, -0.1) is 0 Å². The minimum atomic E-state index is -0.0909. The first-order valence-corrected chi connectivity index (χ1v) is 4.83. The van der Waals surface area contributed by atoms with E-state index in [-0.39, 0.29) is 17.0 Å². The van der Waals surface area contributed by atoms with Crippen molar-refractivity contribution in [2.24, 2.45) is 11.1 Å². The summed E-state index contributed by atoms with van der Waals surface area (Å²) in [6.07, 6.45) is 2.51. The normalized spacial score (nSPS) is 14.0. The van der Waals surface area contributed by atoms with Gasteiger partial charge in [0.2, 0.25) is 5.56 Å². The van der Waals surface area contributed by atoms with Crippen molar-refractivity contribution in [2.45, 2.75) is 33.2 Å². The Labute approximate surface area is 84.3 Å². The van der Waals surface area contributed by atoms with Crippen LogP contribution in [-0.2, 0) is 0 Å². The first kappa shape index (κ1) is 11.0. The summed E-state index contributed by atoms with van der Waals surface area (Å²) in [5.74, 6) is 0. The zero-order valence-electron chi connectivity index (χ0n) is 9.00. The maximum Gasteiger partial charge on any atom is 0.248 e. The van der Waals surface area contributed by atoms with Gasteiger partial charge in [-0.3, -0.25) is 4.79 Å². The van der Waals surface area contributed by atoms with Crippen LogP contribution in [0.4, 0.5) is 0 Å². The largest absolute Gasteiger partial charge is 0.329 e. The Morgan fingerprint density at radius 2 is 2.14 bits per heavy atom. The number of H-pyrrole nitrogens is 1. The minimum absolute atomic E-state index is 0.0581. The molecule has 0 saturated heterocycles. The highest BCUT2D eigenvalue weighted by Crippen LogP contribution is 2.26. The molecule has 0 radical (unpaired) electrons. The van der Waals surface area contributed by atoms with Crippen LogP contribution >= 0.6 is 0 Å². The number of nitrogens with one attached hydrogen (secondary N) is 1. The van der Waals surface area contributed by atoms with Crippen molar-refractivity contribution < 1.29 is 0 Å². The van der Waals surface area contributed by atoms with E-state index in [1.165, 1.54) is 0 Å². The van der Waals surface area contributed by atoms with Gasteiger partial charge in [0.15, 0.2) is 0 Å². The summed E-state index contributed by atoms with van der Waals surface area (Å²) in [6.45, 7) is 6.42. The molecule has 0 aliphatic heterocycles. The number of hydrogen-bond acceptors (Lipinski definition) is 2. The van der Waals surface area contributed by atoms with Crippen LogP contribution in [0.2, 0.25) is 0 Å². The lowest BCUT2D eigenvalue weighted by Gasteiger charge is -2.23. The summed E-state index contributed by atoms with van der Waals surface area (Å²) < 4.78 is 0. The number of hydrogen-bond donors (Lipinski definition) is 2. The maximum atomic E-state index is 11.0. The second-order valence-electron chi connectivity index (χ2n) is 4.86. The third-order valence-corrected chi connectivity index (χ3v) is 2.06. The molecule has 0 aromatic carbocycles. The average Bonchev–Trinajstić information content (AvgIpc) is 2.01. The van der Waals surface area contributed by atoms with Gasteiger partial charge in [-0.25, -0.2) is 0 Å². The summed E-state index contributed by atoms with van der Waals surface area (Å²) in [6, 6.07) is 3.37. The molecule has 3 N–H and O–H groups in total. The van der Waals surface area contributed by atoms with Gasteiger partial charge in [0.25, 0.3) is 0 Å². The van der Waals surface area contributed by atoms with Crippen molar-refractivity contribution in [2.75, 3.05) is 0 Å². The predicted molar refractivity (Wildman–Crippen MR) is 58.1 cm³/mol. The second kappa shape index (κ2) is 3.96. The van der Waals surface area contributed by atoms with Crippen LogP contribution in [0.1, 0.15) is 38.8 Å². The van der Waals surface area contributed by atoms with Crippen LogP contribution in [0, 0.1) is 5.41 Å². The van der Waals surface area contributed by atoms with E-state index in [0.29, 0.717) is 0 Å². The van der Waals surface area contributed by atoms with Gasteiger partial charge >= 0.3 is 0 Å². The van der Waals surface area contributed by atoms with Gasteiger partial charge < -0.3 is 10.7 Å². The highest BCUT2D eigenvalue weighted by atomic mass is 16.1. The molecule has 0 amide bonds. The Kier molecular flexibility index (Phi) is 3.11. The van der Waals surface area contributed by atoms with Gasteiger partial charge in [0.05, 0.1) is 0 Å². The topological polar surface area (TPSA) is 58.9 Å². The van der Waals surface area contributed by atoms with Crippen LogP contribution in [0.3, 0.4) is 0 Å². The molecular formula is C11H18N2O. The second-order valence-corrected chi connectivity index (χ2v) is 4.86. The van der Waals surface area contributed by atoms with E-state index in [0.717, 1.165) is 12.0 Å². The number of aromatic nitrogens is 1. The number of aromatic amines is 1. The van der Waals surface area contributed by atoms with Crippen LogP contribution in [0.15, 0.2) is 23.1 Å². The van der Waals surface area contributed by atoms with E-state index in [1.54, 1.807) is 12.3 Å². The van der Waals surface area contributed by atoms with Gasteiger partial charge in [-0.05, 0) is 23.5 Å². The van der Waals surface area contributed by atoms with Crippen LogP contribution in [0.5, 0.6) is 0 Å². The van der Waals surface area contributed by atoms with E-state index in [2.05, 4.69) is 25.8 Å². The monoisotopic (exact) mass is 194 g/mol. The summed E-state index contributed by atoms with van der Waals surface area (Å²) in [5, 5.41) is 0. The average molecular weight is 194 g/mol. The molecule has 0 unspecified atom stereocenters. The molecule has 1 atom stereocenters. The minimum Gasteiger partial charge on any atom is -0.329 e. The van der Waals surface area contributed by atoms with Crippen LogP contribution < -0.4 is 11.3 Å². The Bertz CT molecular complexity index is 349. The molecule has 0 bridgehead atoms. The van der Waals surface area contributed by atoms with Crippen molar-refractivity contribution in [1.29, 1.82) is 0 Å². The third kappa shape index (κ3) is 3.34. The van der Waals surface area contributed by atoms with E-state index in [9.17, 15) is 4.79 Å². The summed E-state index contributed by atoms with van der Waals surface area (Å²) >= 11 is 0. The molecule has 1 rings (SSSR count). The first-order valence-electron chi connectivity index (χ1n) is 4.83. The molecule has 3 nitrogen and oxygen atoms in total. The summed E-state index contributed by atoms with van der Waals surface area (Å²) in [7, 11) is 0. The Morgan fingerprint density at radius 3 is 2.64 bits per heavy atom. The van der Waals surface area contributed by atoms with Crippen molar-refractivity contribution in [3.63, 3.8) is 0 Å². The van der Waals surface area contributed by atoms with Gasteiger partial charge in [0.1, 0.15) is 0 Å². The number of rotatable bonds is 2. The Hall–Kier alpha value is -1.09. The van der Waals surface area contributed by atoms with Crippen molar-refractivity contribution in [3.8, 4) is 0 Å². The molecule has 1 aromatic rings. The third-order valence-electron chi connectivity index (χ3n) is 2.06. The first-order chi connectivity index (χ1) is 6.38. The van der Waals surface area contributed by atoms with Crippen LogP contribution in [0.25, 0.3) is 0 Å². The molecule has 0 saturated carbocycles. The molecule has 0 fully saturated rings. The van der Waals surface area contributed by atoms with E-state index in [1.807, 2.05) is 6.07 Å². The Morgan fingerprint density at radius 1 is 1.50 bits per heavy atom. The fraction of sp³-hybridized carbons (Fsp3) is 0.545.